The number of nitrogens with two attached hydrogens (primary N) is 1. The molecule has 0 aliphatic heterocycles. The zero-order valence-corrected chi connectivity index (χ0v) is 11.0. The Morgan fingerprint density at radius 2 is 2.24 bits per heavy atom. The van der Waals surface area contributed by atoms with E-state index in [0.717, 1.165) is 11.3 Å². The van der Waals surface area contributed by atoms with E-state index in [1.165, 1.54) is 7.11 Å². The van der Waals surface area contributed by atoms with Gasteiger partial charge in [0, 0.05) is 0 Å². The van der Waals surface area contributed by atoms with Crippen LogP contribution in [0.5, 0.6) is 0 Å². The number of nitrogens with zero attached hydrogens (tertiary/aromatic N) is 1. The molecule has 0 amide bonds. The highest BCUT2D eigenvalue weighted by Crippen LogP contribution is 2.25. The maximum absolute atomic E-state index is 11.8. The molecule has 1 aromatic heterocycles. The Kier molecular flexibility index (Phi) is 4.43. The number of rotatable bonds is 5. The Morgan fingerprint density at radius 1 is 1.59 bits per heavy atom. The van der Waals surface area contributed by atoms with E-state index in [2.05, 4.69) is 15.0 Å². The molecule has 9 heteroatoms. The second kappa shape index (κ2) is 5.43. The molecule has 7 nitrogen and oxygen atoms in total. The summed E-state index contributed by atoms with van der Waals surface area (Å²) in [5, 5.41) is 2.69. The fourth-order valence-corrected chi connectivity index (χ4v) is 3.62. The smallest absolute Gasteiger partial charge is 0.319 e. The van der Waals surface area contributed by atoms with Crippen molar-refractivity contribution in [1.29, 1.82) is 0 Å². The fourth-order valence-electron chi connectivity index (χ4n) is 1.12. The van der Waals surface area contributed by atoms with Gasteiger partial charge < -0.3 is 10.5 Å². The van der Waals surface area contributed by atoms with Crippen LogP contribution < -0.4 is 11.1 Å². The first kappa shape index (κ1) is 13.9. The van der Waals surface area contributed by atoms with Crippen LogP contribution >= 0.6 is 11.3 Å². The molecule has 0 saturated carbocycles. The molecule has 0 fully saturated rings. The van der Waals surface area contributed by atoms with Crippen molar-refractivity contribution < 1.29 is 17.9 Å². The monoisotopic (exact) mass is 279 g/mol. The molecule has 1 aromatic rings. The first-order chi connectivity index (χ1) is 7.86. The first-order valence-corrected chi connectivity index (χ1v) is 7.07. The third-order valence-corrected chi connectivity index (χ3v) is 5.08. The highest BCUT2D eigenvalue weighted by molar-refractivity contribution is 7.93. The zero-order chi connectivity index (χ0) is 13.1. The normalized spacial score (nSPS) is 11.4. The van der Waals surface area contributed by atoms with Gasteiger partial charge in [-0.25, -0.2) is 13.4 Å². The van der Waals surface area contributed by atoms with Crippen LogP contribution in [0.2, 0.25) is 0 Å². The molecule has 0 aromatic carbocycles. The molecule has 0 aliphatic carbocycles. The lowest BCUT2D eigenvalue weighted by Gasteiger charge is -2.03. The Bertz CT molecular complexity index is 509. The van der Waals surface area contributed by atoms with Crippen LogP contribution in [0, 0.1) is 6.92 Å². The molecule has 0 radical (unpaired) electrons. The van der Waals surface area contributed by atoms with Gasteiger partial charge in [-0.05, 0) is 6.92 Å². The third kappa shape index (κ3) is 3.65. The minimum Gasteiger partial charge on any atom is -0.468 e. The van der Waals surface area contributed by atoms with E-state index in [0.29, 0.717) is 5.69 Å². The number of anilines is 1. The lowest BCUT2D eigenvalue weighted by molar-refractivity contribution is -0.139. The van der Waals surface area contributed by atoms with Gasteiger partial charge in [0.1, 0.15) is 10.1 Å². The molecule has 0 aliphatic rings. The van der Waals surface area contributed by atoms with Crippen LogP contribution in [-0.4, -0.2) is 38.9 Å². The van der Waals surface area contributed by atoms with E-state index in [4.69, 9.17) is 5.73 Å². The highest BCUT2D eigenvalue weighted by Gasteiger charge is 2.21. The number of sulfone groups is 1. The minimum atomic E-state index is -3.52. The summed E-state index contributed by atoms with van der Waals surface area (Å²) >= 11 is 0.908. The molecule has 3 N–H and O–H groups in total. The maximum atomic E-state index is 11.8. The molecule has 0 saturated heterocycles. The summed E-state index contributed by atoms with van der Waals surface area (Å²) in [6.45, 7) is 1.41. The summed E-state index contributed by atoms with van der Waals surface area (Å²) in [6, 6.07) is 0. The minimum absolute atomic E-state index is 0.118. The van der Waals surface area contributed by atoms with Crippen molar-refractivity contribution in [2.24, 2.45) is 0 Å². The molecule has 17 heavy (non-hydrogen) atoms. The predicted octanol–water partition coefficient (Wildman–Crippen LogP) is -0.472. The van der Waals surface area contributed by atoms with Crippen molar-refractivity contribution in [2.75, 3.05) is 25.3 Å². The second-order valence-electron chi connectivity index (χ2n) is 3.19. The van der Waals surface area contributed by atoms with Gasteiger partial charge in [0.25, 0.3) is 0 Å². The first-order valence-electron chi connectivity index (χ1n) is 4.60. The lowest BCUT2D eigenvalue weighted by Crippen LogP contribution is -2.29. The summed E-state index contributed by atoms with van der Waals surface area (Å²) in [4.78, 5) is 14.6. The van der Waals surface area contributed by atoms with Gasteiger partial charge in [-0.2, -0.15) is 0 Å². The largest absolute Gasteiger partial charge is 0.468 e. The number of thiazole rings is 1. The number of ether oxygens (including phenoxy) is 1. The average molecular weight is 279 g/mol. The van der Waals surface area contributed by atoms with Crippen LogP contribution in [0.15, 0.2) is 4.21 Å². The van der Waals surface area contributed by atoms with E-state index in [1.54, 1.807) is 6.92 Å². The summed E-state index contributed by atoms with van der Waals surface area (Å²) in [7, 11) is -2.29. The van der Waals surface area contributed by atoms with Gasteiger partial charge in [-0.3, -0.25) is 10.1 Å². The van der Waals surface area contributed by atoms with Gasteiger partial charge in [-0.1, -0.05) is 11.3 Å². The van der Waals surface area contributed by atoms with Crippen molar-refractivity contribution in [3.8, 4) is 0 Å². The van der Waals surface area contributed by atoms with Crippen LogP contribution in [-0.2, 0) is 19.4 Å². The Labute approximate surface area is 103 Å². The standard InChI is InChI=1S/C8H13N3O4S2/c1-5-7(16-8(9)11-5)17(13,14)4-10-3-6(12)15-2/h10H,3-4H2,1-2H3,(H2,9,11). The Balaban J connectivity index is 2.70. The average Bonchev–Trinajstić information content (AvgIpc) is 2.58. The van der Waals surface area contributed by atoms with E-state index in [9.17, 15) is 13.2 Å². The van der Waals surface area contributed by atoms with Crippen LogP contribution in [0.25, 0.3) is 0 Å². The van der Waals surface area contributed by atoms with E-state index >= 15 is 0 Å². The summed E-state index contributed by atoms with van der Waals surface area (Å²) in [6.07, 6.45) is 0. The molecule has 0 bridgehead atoms. The third-order valence-electron chi connectivity index (χ3n) is 1.84. The number of nitrogen functional groups attached to an aromatic ring is 1. The number of nitrogens with one attached hydrogen (secondary N) is 1. The number of carbonyl (C=O) groups excluding carboxylic acids is 1. The molecule has 0 unspecified atom stereocenters. The highest BCUT2D eigenvalue weighted by atomic mass is 32.2. The van der Waals surface area contributed by atoms with Crippen LogP contribution in [0.1, 0.15) is 5.69 Å². The molecule has 0 spiro atoms. The van der Waals surface area contributed by atoms with Gasteiger partial charge in [0.15, 0.2) is 5.13 Å². The van der Waals surface area contributed by atoms with E-state index < -0.39 is 15.8 Å². The molecule has 1 rings (SSSR count). The Hall–Kier alpha value is -1.19. The number of hydrogen-bond donors (Lipinski definition) is 2. The van der Waals surface area contributed by atoms with E-state index in [1.807, 2.05) is 0 Å². The number of methoxy groups -OCH3 is 1. The van der Waals surface area contributed by atoms with Gasteiger partial charge in [-0.15, -0.1) is 0 Å². The van der Waals surface area contributed by atoms with Crippen molar-refractivity contribution >= 4 is 32.3 Å². The number of hydrogen-bond acceptors (Lipinski definition) is 8. The second-order valence-corrected chi connectivity index (χ2v) is 6.40. The van der Waals surface area contributed by atoms with Gasteiger partial charge >= 0.3 is 5.97 Å². The van der Waals surface area contributed by atoms with Crippen molar-refractivity contribution in [3.05, 3.63) is 5.69 Å². The van der Waals surface area contributed by atoms with Crippen molar-refractivity contribution in [1.82, 2.24) is 10.3 Å². The maximum Gasteiger partial charge on any atom is 0.319 e. The predicted molar refractivity (Wildman–Crippen MR) is 63.3 cm³/mol. The van der Waals surface area contributed by atoms with Gasteiger partial charge in [0.2, 0.25) is 9.84 Å². The number of aromatic nitrogens is 1. The summed E-state index contributed by atoms with van der Waals surface area (Å²) in [5.41, 5.74) is 5.79. The Morgan fingerprint density at radius 3 is 2.71 bits per heavy atom. The fraction of sp³-hybridized carbons (Fsp3) is 0.500. The van der Waals surface area contributed by atoms with Crippen LogP contribution in [0.3, 0.4) is 0 Å². The van der Waals surface area contributed by atoms with Crippen molar-refractivity contribution in [2.45, 2.75) is 11.1 Å². The summed E-state index contributed by atoms with van der Waals surface area (Å²) in [5.74, 6) is -0.884. The lowest BCUT2D eigenvalue weighted by atomic mass is 10.6. The number of carbonyl (C=O) groups is 1. The van der Waals surface area contributed by atoms with E-state index in [-0.39, 0.29) is 21.8 Å². The molecule has 0 atom stereocenters. The number of esters is 1. The molecular formula is C8H13N3O4S2. The molecule has 96 valence electrons. The van der Waals surface area contributed by atoms with Crippen LogP contribution in [0.4, 0.5) is 5.13 Å². The number of aryl methyl sites for hydroxylation is 1. The quantitative estimate of drug-likeness (QED) is 0.701. The molecule has 1 heterocycles. The zero-order valence-electron chi connectivity index (χ0n) is 9.39. The SMILES string of the molecule is COC(=O)CNCS(=O)(=O)c1sc(N)nc1C. The van der Waals surface area contributed by atoms with Gasteiger partial charge in [0.05, 0.1) is 19.3 Å². The summed E-state index contributed by atoms with van der Waals surface area (Å²) < 4.78 is 28.2. The topological polar surface area (TPSA) is 111 Å². The van der Waals surface area contributed by atoms with Crippen molar-refractivity contribution in [3.63, 3.8) is 0 Å². The molecular weight excluding hydrogens is 266 g/mol.